The van der Waals surface area contributed by atoms with E-state index in [1.807, 2.05) is 0 Å². The van der Waals surface area contributed by atoms with Crippen molar-refractivity contribution in [3.05, 3.63) is 12.7 Å². The van der Waals surface area contributed by atoms with Crippen LogP contribution in [0, 0.1) is 0 Å². The molecule has 0 aliphatic heterocycles. The molecular weight excluding hydrogens is 240 g/mol. The van der Waals surface area contributed by atoms with Crippen molar-refractivity contribution in [1.29, 1.82) is 0 Å². The molecule has 2 amide bonds. The zero-order chi connectivity index (χ0) is 14.1. The number of hydrogen-bond donors (Lipinski definition) is 1. The van der Waals surface area contributed by atoms with Gasteiger partial charge in [0.15, 0.2) is 0 Å². The van der Waals surface area contributed by atoms with E-state index in [-0.39, 0.29) is 19.6 Å². The molecule has 0 fully saturated rings. The average molecular weight is 258 g/mol. The van der Waals surface area contributed by atoms with Gasteiger partial charge in [0.2, 0.25) is 0 Å². The summed E-state index contributed by atoms with van der Waals surface area (Å²) in [5.74, 6) is -1.68. The van der Waals surface area contributed by atoms with Crippen LogP contribution in [-0.4, -0.2) is 66.2 Å². The van der Waals surface area contributed by atoms with E-state index in [2.05, 4.69) is 11.3 Å². The molecule has 0 heterocycles. The molecule has 0 saturated heterocycles. The molecule has 0 unspecified atom stereocenters. The van der Waals surface area contributed by atoms with Gasteiger partial charge in [-0.1, -0.05) is 6.08 Å². The minimum Gasteiger partial charge on any atom is -0.480 e. The van der Waals surface area contributed by atoms with Gasteiger partial charge in [-0.05, 0) is 6.92 Å². The Labute approximate surface area is 106 Å². The summed E-state index contributed by atoms with van der Waals surface area (Å²) in [5.41, 5.74) is 0. The summed E-state index contributed by atoms with van der Waals surface area (Å²) in [5, 5.41) is 8.70. The Morgan fingerprint density at radius 2 is 1.89 bits per heavy atom. The number of hydrogen-bond acceptors (Lipinski definition) is 4. The maximum absolute atomic E-state index is 12.0. The quantitative estimate of drug-likeness (QED) is 0.519. The van der Waals surface area contributed by atoms with Crippen LogP contribution in [-0.2, 0) is 14.3 Å². The summed E-state index contributed by atoms with van der Waals surface area (Å²) in [7, 11) is 1.22. The van der Waals surface area contributed by atoms with Crippen molar-refractivity contribution in [3.8, 4) is 0 Å². The predicted octanol–water partition coefficient (Wildman–Crippen LogP) is 0.174. The highest BCUT2D eigenvalue weighted by Crippen LogP contribution is 2.00. The number of carbonyl (C=O) groups excluding carboxylic acids is 2. The van der Waals surface area contributed by atoms with Crippen molar-refractivity contribution in [2.24, 2.45) is 0 Å². The molecule has 0 aliphatic rings. The second-order valence-electron chi connectivity index (χ2n) is 3.44. The number of carboxylic acid groups (broad SMARTS) is 1. The van der Waals surface area contributed by atoms with E-state index in [1.165, 1.54) is 18.1 Å². The van der Waals surface area contributed by atoms with Gasteiger partial charge in [0.25, 0.3) is 0 Å². The number of amides is 2. The number of aliphatic carboxylic acids is 1. The van der Waals surface area contributed by atoms with E-state index >= 15 is 0 Å². The number of carbonyl (C=O) groups is 3. The predicted molar refractivity (Wildman–Crippen MR) is 64.1 cm³/mol. The van der Waals surface area contributed by atoms with Crippen LogP contribution in [0.4, 0.5) is 4.79 Å². The highest BCUT2D eigenvalue weighted by atomic mass is 16.5. The standard InChI is InChI=1S/C11H18N2O5/c1-4-6-13(7-9(14)15)11(17)12(5-2)8-10(16)18-3/h4H,1,5-8H2,2-3H3,(H,14,15). The first-order valence-electron chi connectivity index (χ1n) is 5.39. The third-order valence-corrected chi connectivity index (χ3v) is 2.15. The maximum atomic E-state index is 12.0. The van der Waals surface area contributed by atoms with Crippen LogP contribution in [0.2, 0.25) is 0 Å². The topological polar surface area (TPSA) is 87.2 Å². The number of carboxylic acids is 1. The Morgan fingerprint density at radius 1 is 1.28 bits per heavy atom. The second kappa shape index (κ2) is 8.10. The molecule has 0 aliphatic carbocycles. The fourth-order valence-electron chi connectivity index (χ4n) is 1.26. The first-order valence-corrected chi connectivity index (χ1v) is 5.39. The van der Waals surface area contributed by atoms with E-state index in [0.717, 1.165) is 4.90 Å². The molecule has 0 aromatic rings. The van der Waals surface area contributed by atoms with Gasteiger partial charge in [-0.3, -0.25) is 9.59 Å². The van der Waals surface area contributed by atoms with Crippen LogP contribution in [0.1, 0.15) is 6.92 Å². The zero-order valence-corrected chi connectivity index (χ0v) is 10.6. The minimum absolute atomic E-state index is 0.100. The summed E-state index contributed by atoms with van der Waals surface area (Å²) >= 11 is 0. The molecule has 0 spiro atoms. The maximum Gasteiger partial charge on any atom is 0.325 e. The number of nitrogens with zero attached hydrogens (tertiary/aromatic N) is 2. The van der Waals surface area contributed by atoms with Crippen molar-refractivity contribution in [2.75, 3.05) is 33.3 Å². The average Bonchev–Trinajstić information content (AvgIpc) is 2.33. The molecule has 7 heteroatoms. The Morgan fingerprint density at radius 3 is 2.28 bits per heavy atom. The van der Waals surface area contributed by atoms with Gasteiger partial charge in [-0.2, -0.15) is 0 Å². The van der Waals surface area contributed by atoms with Crippen molar-refractivity contribution in [2.45, 2.75) is 6.92 Å². The summed E-state index contributed by atoms with van der Waals surface area (Å²) < 4.78 is 4.47. The molecule has 7 nitrogen and oxygen atoms in total. The molecule has 1 N–H and O–H groups in total. The van der Waals surface area contributed by atoms with Crippen LogP contribution in [0.25, 0.3) is 0 Å². The van der Waals surface area contributed by atoms with Crippen LogP contribution < -0.4 is 0 Å². The molecular formula is C11H18N2O5. The lowest BCUT2D eigenvalue weighted by Crippen LogP contribution is -2.47. The Bertz CT molecular complexity index is 329. The molecule has 0 bridgehead atoms. The zero-order valence-electron chi connectivity index (χ0n) is 10.6. The smallest absolute Gasteiger partial charge is 0.325 e. The fourth-order valence-corrected chi connectivity index (χ4v) is 1.26. The van der Waals surface area contributed by atoms with E-state index in [1.54, 1.807) is 6.92 Å². The number of esters is 1. The molecule has 0 radical (unpaired) electrons. The third kappa shape index (κ3) is 5.33. The van der Waals surface area contributed by atoms with Gasteiger partial charge >= 0.3 is 18.0 Å². The normalized spacial score (nSPS) is 9.44. The van der Waals surface area contributed by atoms with E-state index in [4.69, 9.17) is 5.11 Å². The van der Waals surface area contributed by atoms with Crippen molar-refractivity contribution in [1.82, 2.24) is 9.80 Å². The number of likely N-dealkylation sites (N-methyl/N-ethyl adjacent to an activating group) is 1. The van der Waals surface area contributed by atoms with Crippen LogP contribution >= 0.6 is 0 Å². The number of ether oxygens (including phenoxy) is 1. The van der Waals surface area contributed by atoms with Gasteiger partial charge in [-0.25, -0.2) is 4.79 Å². The Kier molecular flexibility index (Phi) is 7.18. The first kappa shape index (κ1) is 16.0. The summed E-state index contributed by atoms with van der Waals surface area (Å²) in [6.45, 7) is 4.87. The second-order valence-corrected chi connectivity index (χ2v) is 3.44. The highest BCUT2D eigenvalue weighted by Gasteiger charge is 2.22. The lowest BCUT2D eigenvalue weighted by atomic mass is 10.4. The lowest BCUT2D eigenvalue weighted by Gasteiger charge is -2.27. The van der Waals surface area contributed by atoms with Gasteiger partial charge in [0.1, 0.15) is 13.1 Å². The number of methoxy groups -OCH3 is 1. The first-order chi connectivity index (χ1) is 8.46. The monoisotopic (exact) mass is 258 g/mol. The molecule has 0 atom stereocenters. The van der Waals surface area contributed by atoms with Crippen LogP contribution in [0.15, 0.2) is 12.7 Å². The third-order valence-electron chi connectivity index (χ3n) is 2.15. The highest BCUT2D eigenvalue weighted by molar-refractivity contribution is 5.83. The molecule has 0 saturated carbocycles. The fraction of sp³-hybridized carbons (Fsp3) is 0.545. The summed E-state index contributed by atoms with van der Waals surface area (Å²) in [4.78, 5) is 36.0. The van der Waals surface area contributed by atoms with Gasteiger partial charge < -0.3 is 19.6 Å². The van der Waals surface area contributed by atoms with Crippen molar-refractivity contribution >= 4 is 18.0 Å². The lowest BCUT2D eigenvalue weighted by molar-refractivity contribution is -0.141. The van der Waals surface area contributed by atoms with Crippen molar-refractivity contribution in [3.63, 3.8) is 0 Å². The Balaban J connectivity index is 4.73. The van der Waals surface area contributed by atoms with Gasteiger partial charge in [0.05, 0.1) is 7.11 Å². The van der Waals surface area contributed by atoms with Gasteiger partial charge in [-0.15, -0.1) is 6.58 Å². The minimum atomic E-state index is -1.13. The summed E-state index contributed by atoms with van der Waals surface area (Å²) in [6.07, 6.45) is 1.42. The van der Waals surface area contributed by atoms with Crippen LogP contribution in [0.5, 0.6) is 0 Å². The Hall–Kier alpha value is -2.05. The van der Waals surface area contributed by atoms with E-state index in [9.17, 15) is 14.4 Å². The van der Waals surface area contributed by atoms with Crippen molar-refractivity contribution < 1.29 is 24.2 Å². The SMILES string of the molecule is C=CCN(CC(=O)O)C(=O)N(CC)CC(=O)OC. The molecule has 0 aromatic heterocycles. The largest absolute Gasteiger partial charge is 0.480 e. The number of urea groups is 1. The van der Waals surface area contributed by atoms with E-state index in [0.29, 0.717) is 0 Å². The number of rotatable bonds is 7. The van der Waals surface area contributed by atoms with E-state index < -0.39 is 24.5 Å². The molecule has 0 aromatic carbocycles. The van der Waals surface area contributed by atoms with Gasteiger partial charge in [0, 0.05) is 13.1 Å². The molecule has 0 rings (SSSR count). The van der Waals surface area contributed by atoms with Crippen LogP contribution in [0.3, 0.4) is 0 Å². The molecule has 18 heavy (non-hydrogen) atoms. The summed E-state index contributed by atoms with van der Waals surface area (Å²) in [6, 6.07) is -0.537. The molecule has 102 valence electrons.